The van der Waals surface area contributed by atoms with E-state index in [2.05, 4.69) is 45.3 Å². The summed E-state index contributed by atoms with van der Waals surface area (Å²) in [6.07, 6.45) is 2.39. The molecule has 1 aliphatic rings. The average Bonchev–Trinajstić information content (AvgIpc) is 2.72. The first-order valence-corrected chi connectivity index (χ1v) is 10.3. The molecule has 152 valence electrons. The van der Waals surface area contributed by atoms with Crippen molar-refractivity contribution in [2.75, 3.05) is 59.5 Å². The van der Waals surface area contributed by atoms with Gasteiger partial charge < -0.3 is 25.2 Å². The Morgan fingerprint density at radius 1 is 1.07 bits per heavy atom. The highest BCUT2D eigenvalue weighted by molar-refractivity contribution is 5.79. The molecule has 1 fully saturated rings. The van der Waals surface area contributed by atoms with Crippen LogP contribution in [0.5, 0.6) is 5.75 Å². The van der Waals surface area contributed by atoms with E-state index >= 15 is 0 Å². The molecule has 1 aromatic rings. The number of rotatable bonds is 10. The maximum absolute atomic E-state index is 5.28. The number of nitrogens with zero attached hydrogens (tertiary/aromatic N) is 3. The van der Waals surface area contributed by atoms with Crippen molar-refractivity contribution in [2.45, 2.75) is 33.2 Å². The van der Waals surface area contributed by atoms with E-state index in [4.69, 9.17) is 4.74 Å². The van der Waals surface area contributed by atoms with Crippen molar-refractivity contribution in [2.24, 2.45) is 4.99 Å². The molecule has 1 heterocycles. The second-order valence-corrected chi connectivity index (χ2v) is 6.96. The van der Waals surface area contributed by atoms with Crippen molar-refractivity contribution >= 4 is 5.96 Å². The first kappa shape index (κ1) is 21.5. The number of unbranched alkanes of at least 4 members (excludes halogenated alkanes) is 1. The van der Waals surface area contributed by atoms with Crippen molar-refractivity contribution in [1.29, 1.82) is 0 Å². The lowest BCUT2D eigenvalue weighted by atomic mass is 10.2. The predicted molar refractivity (Wildman–Crippen MR) is 114 cm³/mol. The molecule has 0 aliphatic carbocycles. The maximum Gasteiger partial charge on any atom is 0.191 e. The molecule has 1 saturated heterocycles. The summed E-state index contributed by atoms with van der Waals surface area (Å²) < 4.78 is 5.28. The third-order valence-corrected chi connectivity index (χ3v) is 5.00. The molecule has 0 unspecified atom stereocenters. The highest BCUT2D eigenvalue weighted by Crippen LogP contribution is 2.13. The topological polar surface area (TPSA) is 52.1 Å². The Bertz CT molecular complexity index is 555. The summed E-state index contributed by atoms with van der Waals surface area (Å²) >= 11 is 0. The smallest absolute Gasteiger partial charge is 0.191 e. The summed E-state index contributed by atoms with van der Waals surface area (Å²) in [5, 5.41) is 6.78. The zero-order chi connectivity index (χ0) is 19.3. The van der Waals surface area contributed by atoms with E-state index in [1.54, 1.807) is 7.11 Å². The van der Waals surface area contributed by atoms with E-state index in [-0.39, 0.29) is 0 Å². The molecule has 0 amide bonds. The van der Waals surface area contributed by atoms with Gasteiger partial charge in [0.25, 0.3) is 0 Å². The van der Waals surface area contributed by atoms with E-state index in [9.17, 15) is 0 Å². The molecule has 2 N–H and O–H groups in total. The van der Waals surface area contributed by atoms with Gasteiger partial charge >= 0.3 is 0 Å². The highest BCUT2D eigenvalue weighted by Gasteiger charge is 2.14. The third-order valence-electron chi connectivity index (χ3n) is 5.00. The predicted octanol–water partition coefficient (Wildman–Crippen LogP) is 2.17. The molecule has 1 aromatic carbocycles. The number of methoxy groups -OCH3 is 1. The second-order valence-electron chi connectivity index (χ2n) is 6.96. The summed E-state index contributed by atoms with van der Waals surface area (Å²) in [4.78, 5) is 9.81. The fourth-order valence-electron chi connectivity index (χ4n) is 3.28. The van der Waals surface area contributed by atoms with Crippen LogP contribution in [0.15, 0.2) is 29.3 Å². The molecule has 0 aromatic heterocycles. The number of ether oxygens (including phenoxy) is 1. The van der Waals surface area contributed by atoms with Gasteiger partial charge in [-0.15, -0.1) is 0 Å². The monoisotopic (exact) mass is 375 g/mol. The lowest BCUT2D eigenvalue weighted by Crippen LogP contribution is -2.46. The number of hydrogen-bond acceptors (Lipinski definition) is 4. The number of hydrogen-bond donors (Lipinski definition) is 2. The Hall–Kier alpha value is -1.79. The van der Waals surface area contributed by atoms with Crippen LogP contribution in [0.1, 0.15) is 32.3 Å². The van der Waals surface area contributed by atoms with Crippen LogP contribution in [0.3, 0.4) is 0 Å². The zero-order valence-electron chi connectivity index (χ0n) is 17.3. The van der Waals surface area contributed by atoms with Gasteiger partial charge in [0.2, 0.25) is 0 Å². The largest absolute Gasteiger partial charge is 0.497 e. The summed E-state index contributed by atoms with van der Waals surface area (Å²) in [5.41, 5.74) is 1.15. The van der Waals surface area contributed by atoms with Crippen LogP contribution in [0.4, 0.5) is 0 Å². The quantitative estimate of drug-likeness (QED) is 0.373. The van der Waals surface area contributed by atoms with Crippen molar-refractivity contribution in [1.82, 2.24) is 20.4 Å². The minimum Gasteiger partial charge on any atom is -0.497 e. The van der Waals surface area contributed by atoms with Gasteiger partial charge in [0.15, 0.2) is 5.96 Å². The Morgan fingerprint density at radius 2 is 1.85 bits per heavy atom. The summed E-state index contributed by atoms with van der Waals surface area (Å²) in [7, 11) is 1.69. The molecule has 0 bridgehead atoms. The summed E-state index contributed by atoms with van der Waals surface area (Å²) in [6, 6.07) is 8.07. The molecule has 0 spiro atoms. The van der Waals surface area contributed by atoms with Gasteiger partial charge in [-0.1, -0.05) is 19.1 Å². The lowest BCUT2D eigenvalue weighted by Gasteiger charge is -2.34. The number of likely N-dealkylation sites (N-methyl/N-ethyl adjacent to an activating group) is 1. The fraction of sp³-hybridized carbons (Fsp3) is 0.667. The van der Waals surface area contributed by atoms with Crippen LogP contribution in [-0.4, -0.2) is 75.2 Å². The summed E-state index contributed by atoms with van der Waals surface area (Å²) in [5.74, 6) is 1.76. The zero-order valence-corrected chi connectivity index (χ0v) is 17.3. The Kier molecular flexibility index (Phi) is 10.0. The molecule has 0 atom stereocenters. The fourth-order valence-corrected chi connectivity index (χ4v) is 3.28. The van der Waals surface area contributed by atoms with Crippen LogP contribution < -0.4 is 15.4 Å². The first-order valence-electron chi connectivity index (χ1n) is 10.3. The number of guanidine groups is 1. The molecule has 6 nitrogen and oxygen atoms in total. The van der Waals surface area contributed by atoms with Gasteiger partial charge in [-0.25, -0.2) is 4.99 Å². The van der Waals surface area contributed by atoms with Crippen molar-refractivity contribution < 1.29 is 4.74 Å². The van der Waals surface area contributed by atoms with E-state index in [0.29, 0.717) is 6.54 Å². The SMILES string of the molecule is CCNC(=NCc1cccc(OC)c1)NCCCCN1CCN(CC)CC1. The first-order chi connectivity index (χ1) is 13.2. The highest BCUT2D eigenvalue weighted by atomic mass is 16.5. The minimum atomic E-state index is 0.647. The van der Waals surface area contributed by atoms with Crippen molar-refractivity contribution in [3.63, 3.8) is 0 Å². The van der Waals surface area contributed by atoms with Gasteiger partial charge in [0.05, 0.1) is 13.7 Å². The maximum atomic E-state index is 5.28. The standard InChI is InChI=1S/C21H37N5O/c1-4-22-21(24-18-19-9-8-10-20(17-19)27-3)23-11-6-7-12-26-15-13-25(5-2)14-16-26/h8-10,17H,4-7,11-16,18H2,1-3H3,(H2,22,23,24). The molecular weight excluding hydrogens is 338 g/mol. The van der Waals surface area contributed by atoms with Gasteiger partial charge in [-0.2, -0.15) is 0 Å². The van der Waals surface area contributed by atoms with Crippen LogP contribution in [0, 0.1) is 0 Å². The third kappa shape index (κ3) is 8.18. The van der Waals surface area contributed by atoms with E-state index in [1.165, 1.54) is 45.7 Å². The number of aliphatic imine (C=N–C) groups is 1. The van der Waals surface area contributed by atoms with Crippen LogP contribution in [-0.2, 0) is 6.54 Å². The van der Waals surface area contributed by atoms with E-state index in [1.807, 2.05) is 18.2 Å². The van der Waals surface area contributed by atoms with Crippen molar-refractivity contribution in [3.05, 3.63) is 29.8 Å². The van der Waals surface area contributed by atoms with Gasteiger partial charge in [-0.3, -0.25) is 0 Å². The second kappa shape index (κ2) is 12.6. The van der Waals surface area contributed by atoms with E-state index in [0.717, 1.165) is 36.8 Å². The molecule has 0 radical (unpaired) electrons. The van der Waals surface area contributed by atoms with Crippen LogP contribution in [0.2, 0.25) is 0 Å². The lowest BCUT2D eigenvalue weighted by molar-refractivity contribution is 0.136. The van der Waals surface area contributed by atoms with Gasteiger partial charge in [0, 0.05) is 39.3 Å². The molecule has 6 heteroatoms. The number of piperazine rings is 1. The Labute approximate surface area is 165 Å². The molecule has 27 heavy (non-hydrogen) atoms. The molecule has 0 saturated carbocycles. The summed E-state index contributed by atoms with van der Waals surface area (Å²) in [6.45, 7) is 14.1. The van der Waals surface area contributed by atoms with E-state index < -0.39 is 0 Å². The number of benzene rings is 1. The Morgan fingerprint density at radius 3 is 2.56 bits per heavy atom. The van der Waals surface area contributed by atoms with Crippen molar-refractivity contribution in [3.8, 4) is 5.75 Å². The minimum absolute atomic E-state index is 0.647. The normalized spacial score (nSPS) is 16.3. The molecule has 1 aliphatic heterocycles. The number of nitrogens with one attached hydrogen (secondary N) is 2. The van der Waals surface area contributed by atoms with Gasteiger partial charge in [-0.05, 0) is 50.6 Å². The van der Waals surface area contributed by atoms with Gasteiger partial charge in [0.1, 0.15) is 5.75 Å². The van der Waals surface area contributed by atoms with Crippen LogP contribution >= 0.6 is 0 Å². The van der Waals surface area contributed by atoms with Crippen LogP contribution in [0.25, 0.3) is 0 Å². The molecular formula is C21H37N5O. The average molecular weight is 376 g/mol. The Balaban J connectivity index is 1.66. The molecule has 2 rings (SSSR count).